The highest BCUT2D eigenvalue weighted by molar-refractivity contribution is 6.32. The van der Waals surface area contributed by atoms with Crippen LogP contribution >= 0.6 is 11.6 Å². The summed E-state index contributed by atoms with van der Waals surface area (Å²) in [6.45, 7) is 6.16. The Labute approximate surface area is 99.4 Å². The van der Waals surface area contributed by atoms with E-state index in [0.29, 0.717) is 22.2 Å². The van der Waals surface area contributed by atoms with Gasteiger partial charge in [0.15, 0.2) is 5.58 Å². The third-order valence-corrected chi connectivity index (χ3v) is 2.60. The summed E-state index contributed by atoms with van der Waals surface area (Å²) in [5, 5.41) is 0.534. The summed E-state index contributed by atoms with van der Waals surface area (Å²) in [4.78, 5) is 4.43. The number of oxazole rings is 1. The van der Waals surface area contributed by atoms with Gasteiger partial charge in [-0.3, -0.25) is 0 Å². The molecule has 0 radical (unpaired) electrons. The molecule has 3 nitrogen and oxygen atoms in total. The van der Waals surface area contributed by atoms with E-state index in [9.17, 15) is 0 Å². The number of aromatic nitrogens is 1. The number of methoxy groups -OCH3 is 1. The zero-order valence-electron chi connectivity index (χ0n) is 9.80. The summed E-state index contributed by atoms with van der Waals surface area (Å²) in [6.07, 6.45) is 0. The second-order valence-electron chi connectivity index (χ2n) is 4.72. The minimum atomic E-state index is -0.112. The van der Waals surface area contributed by atoms with E-state index in [2.05, 4.69) is 25.8 Å². The molecule has 0 aliphatic rings. The van der Waals surface area contributed by atoms with Crippen molar-refractivity contribution in [3.63, 3.8) is 0 Å². The summed E-state index contributed by atoms with van der Waals surface area (Å²) in [5.74, 6) is 1.31. The topological polar surface area (TPSA) is 35.3 Å². The molecule has 1 heterocycles. The number of rotatable bonds is 1. The third-order valence-electron chi connectivity index (χ3n) is 2.30. The molecule has 2 rings (SSSR count). The highest BCUT2D eigenvalue weighted by atomic mass is 35.5. The Hall–Kier alpha value is -1.22. The predicted molar refractivity (Wildman–Crippen MR) is 64.3 cm³/mol. The standard InChI is InChI=1S/C12H14ClNO2/c1-12(2,3)11-14-8-6-9(15-4)7(13)5-10(8)16-11/h5-6H,1-4H3. The molecule has 0 unspecified atom stereocenters. The van der Waals surface area contributed by atoms with E-state index in [0.717, 1.165) is 5.52 Å². The number of hydrogen-bond acceptors (Lipinski definition) is 3. The maximum Gasteiger partial charge on any atom is 0.200 e. The molecule has 86 valence electrons. The Morgan fingerprint density at radius 1 is 1.31 bits per heavy atom. The quantitative estimate of drug-likeness (QED) is 0.760. The fourth-order valence-corrected chi connectivity index (χ4v) is 1.64. The van der Waals surface area contributed by atoms with Crippen LogP contribution in [0.2, 0.25) is 5.02 Å². The maximum absolute atomic E-state index is 6.01. The first kappa shape index (κ1) is 11.3. The van der Waals surface area contributed by atoms with E-state index in [1.807, 2.05) is 0 Å². The fourth-order valence-electron chi connectivity index (χ4n) is 1.41. The van der Waals surface area contributed by atoms with Crippen molar-refractivity contribution in [2.45, 2.75) is 26.2 Å². The van der Waals surface area contributed by atoms with Gasteiger partial charge >= 0.3 is 0 Å². The normalized spacial score (nSPS) is 12.1. The van der Waals surface area contributed by atoms with Gasteiger partial charge in [-0.05, 0) is 0 Å². The number of benzene rings is 1. The van der Waals surface area contributed by atoms with Crippen molar-refractivity contribution >= 4 is 22.7 Å². The zero-order chi connectivity index (χ0) is 11.9. The molecule has 1 aromatic heterocycles. The van der Waals surface area contributed by atoms with Crippen LogP contribution < -0.4 is 4.74 Å². The summed E-state index contributed by atoms with van der Waals surface area (Å²) in [5.41, 5.74) is 1.35. The largest absolute Gasteiger partial charge is 0.495 e. The second-order valence-corrected chi connectivity index (χ2v) is 5.13. The molecule has 0 amide bonds. The van der Waals surface area contributed by atoms with E-state index in [1.54, 1.807) is 19.2 Å². The highest BCUT2D eigenvalue weighted by Gasteiger charge is 2.21. The summed E-state index contributed by atoms with van der Waals surface area (Å²) in [7, 11) is 1.58. The summed E-state index contributed by atoms with van der Waals surface area (Å²) < 4.78 is 10.8. The van der Waals surface area contributed by atoms with Crippen LogP contribution in [0.5, 0.6) is 5.75 Å². The SMILES string of the molecule is COc1cc2nc(C(C)(C)C)oc2cc1Cl. The monoisotopic (exact) mass is 239 g/mol. The van der Waals surface area contributed by atoms with Crippen molar-refractivity contribution in [1.29, 1.82) is 0 Å². The third kappa shape index (κ3) is 1.87. The van der Waals surface area contributed by atoms with Crippen LogP contribution in [0.25, 0.3) is 11.1 Å². The average molecular weight is 240 g/mol. The predicted octanol–water partition coefficient (Wildman–Crippen LogP) is 3.79. The van der Waals surface area contributed by atoms with E-state index in [1.165, 1.54) is 0 Å². The molecule has 4 heteroatoms. The van der Waals surface area contributed by atoms with Crippen LogP contribution in [0.3, 0.4) is 0 Å². The molecule has 0 spiro atoms. The van der Waals surface area contributed by atoms with Gasteiger partial charge in [0, 0.05) is 17.5 Å². The molecule has 0 saturated carbocycles. The number of ether oxygens (including phenoxy) is 1. The molecule has 1 aromatic carbocycles. The molecular weight excluding hydrogens is 226 g/mol. The molecule has 0 N–H and O–H groups in total. The molecule has 0 saturated heterocycles. The molecular formula is C12H14ClNO2. The summed E-state index contributed by atoms with van der Waals surface area (Å²) in [6, 6.07) is 3.52. The Bertz CT molecular complexity index is 526. The number of fused-ring (bicyclic) bond motifs is 1. The Morgan fingerprint density at radius 2 is 2.00 bits per heavy atom. The van der Waals surface area contributed by atoms with Crippen molar-refractivity contribution in [2.24, 2.45) is 0 Å². The lowest BCUT2D eigenvalue weighted by molar-refractivity contribution is 0.410. The minimum Gasteiger partial charge on any atom is -0.495 e. The Morgan fingerprint density at radius 3 is 2.56 bits per heavy atom. The van der Waals surface area contributed by atoms with Crippen LogP contribution in [0.1, 0.15) is 26.7 Å². The van der Waals surface area contributed by atoms with Crippen LogP contribution in [-0.4, -0.2) is 12.1 Å². The molecule has 0 aliphatic heterocycles. The summed E-state index contributed by atoms with van der Waals surface area (Å²) >= 11 is 6.01. The van der Waals surface area contributed by atoms with Crippen molar-refractivity contribution < 1.29 is 9.15 Å². The molecule has 16 heavy (non-hydrogen) atoms. The van der Waals surface area contributed by atoms with Gasteiger partial charge in [0.1, 0.15) is 11.3 Å². The van der Waals surface area contributed by atoms with Crippen molar-refractivity contribution in [3.8, 4) is 5.75 Å². The molecule has 0 bridgehead atoms. The Kier molecular flexibility index (Phi) is 2.58. The van der Waals surface area contributed by atoms with Crippen LogP contribution in [0.4, 0.5) is 0 Å². The zero-order valence-corrected chi connectivity index (χ0v) is 10.6. The van der Waals surface area contributed by atoms with Gasteiger partial charge in [-0.15, -0.1) is 0 Å². The van der Waals surface area contributed by atoms with Crippen molar-refractivity contribution in [2.75, 3.05) is 7.11 Å². The first-order valence-electron chi connectivity index (χ1n) is 5.06. The van der Waals surface area contributed by atoms with Gasteiger partial charge in [-0.2, -0.15) is 0 Å². The number of halogens is 1. The number of nitrogens with zero attached hydrogens (tertiary/aromatic N) is 1. The molecule has 0 atom stereocenters. The first-order valence-corrected chi connectivity index (χ1v) is 5.44. The molecule has 2 aromatic rings. The van der Waals surface area contributed by atoms with E-state index >= 15 is 0 Å². The van der Waals surface area contributed by atoms with Crippen molar-refractivity contribution in [3.05, 3.63) is 23.0 Å². The van der Waals surface area contributed by atoms with E-state index in [4.69, 9.17) is 20.8 Å². The van der Waals surface area contributed by atoms with Gasteiger partial charge in [-0.25, -0.2) is 4.98 Å². The fraction of sp³-hybridized carbons (Fsp3) is 0.417. The lowest BCUT2D eigenvalue weighted by atomic mass is 9.97. The van der Waals surface area contributed by atoms with Crippen LogP contribution in [-0.2, 0) is 5.41 Å². The van der Waals surface area contributed by atoms with Gasteiger partial charge in [0.25, 0.3) is 0 Å². The van der Waals surface area contributed by atoms with Gasteiger partial charge in [0.05, 0.1) is 12.1 Å². The van der Waals surface area contributed by atoms with Crippen LogP contribution in [0.15, 0.2) is 16.5 Å². The minimum absolute atomic E-state index is 0.112. The van der Waals surface area contributed by atoms with Gasteiger partial charge < -0.3 is 9.15 Å². The molecule has 0 fully saturated rings. The smallest absolute Gasteiger partial charge is 0.200 e. The lowest BCUT2D eigenvalue weighted by Gasteiger charge is -2.11. The van der Waals surface area contributed by atoms with Crippen LogP contribution in [0, 0.1) is 0 Å². The number of hydrogen-bond donors (Lipinski definition) is 0. The lowest BCUT2D eigenvalue weighted by Crippen LogP contribution is -2.10. The molecule has 0 aliphatic carbocycles. The highest BCUT2D eigenvalue weighted by Crippen LogP contribution is 2.32. The van der Waals surface area contributed by atoms with E-state index in [-0.39, 0.29) is 5.41 Å². The van der Waals surface area contributed by atoms with Crippen molar-refractivity contribution in [1.82, 2.24) is 4.98 Å². The Balaban J connectivity index is 2.63. The van der Waals surface area contributed by atoms with Gasteiger partial charge in [0.2, 0.25) is 5.89 Å². The first-order chi connectivity index (χ1) is 7.41. The average Bonchev–Trinajstić information content (AvgIpc) is 2.58. The van der Waals surface area contributed by atoms with Gasteiger partial charge in [-0.1, -0.05) is 32.4 Å². The maximum atomic E-state index is 6.01. The second kappa shape index (κ2) is 3.67. The van der Waals surface area contributed by atoms with E-state index < -0.39 is 0 Å².